The highest BCUT2D eigenvalue weighted by atomic mass is 35.5. The molecule has 1 saturated heterocycles. The normalized spacial score (nSPS) is 18.6. The third kappa shape index (κ3) is 2.85. The van der Waals surface area contributed by atoms with Crippen molar-refractivity contribution in [2.45, 2.75) is 12.5 Å². The van der Waals surface area contributed by atoms with E-state index in [9.17, 15) is 14.9 Å². The predicted molar refractivity (Wildman–Crippen MR) is 69.4 cm³/mol. The smallest absolute Gasteiger partial charge is 0.283 e. The van der Waals surface area contributed by atoms with Gasteiger partial charge >= 0.3 is 0 Å². The molecule has 1 aliphatic rings. The molecule has 0 aromatic heterocycles. The van der Waals surface area contributed by atoms with Gasteiger partial charge in [0, 0.05) is 31.3 Å². The first-order valence-corrected chi connectivity index (χ1v) is 6.16. The zero-order valence-electron chi connectivity index (χ0n) is 10.3. The van der Waals surface area contributed by atoms with Gasteiger partial charge in [0.05, 0.1) is 11.0 Å². The van der Waals surface area contributed by atoms with Crippen LogP contribution in [-0.4, -0.2) is 42.0 Å². The van der Waals surface area contributed by atoms with Crippen LogP contribution < -0.4 is 0 Å². The van der Waals surface area contributed by atoms with Crippen molar-refractivity contribution < 1.29 is 14.5 Å². The first-order valence-electron chi connectivity index (χ1n) is 5.79. The summed E-state index contributed by atoms with van der Waals surface area (Å²) in [5.41, 5.74) is -0.204. The average molecular weight is 285 g/mol. The van der Waals surface area contributed by atoms with Crippen molar-refractivity contribution in [2.24, 2.45) is 0 Å². The van der Waals surface area contributed by atoms with E-state index in [0.29, 0.717) is 13.1 Å². The van der Waals surface area contributed by atoms with Crippen molar-refractivity contribution in [3.8, 4) is 0 Å². The molecular weight excluding hydrogens is 272 g/mol. The Kier molecular flexibility index (Phi) is 4.01. The van der Waals surface area contributed by atoms with Gasteiger partial charge in [-0.1, -0.05) is 11.6 Å². The lowest BCUT2D eigenvalue weighted by atomic mass is 10.1. The van der Waals surface area contributed by atoms with Crippen LogP contribution in [0.3, 0.4) is 0 Å². The topological polar surface area (TPSA) is 72.7 Å². The van der Waals surface area contributed by atoms with Gasteiger partial charge in [0.25, 0.3) is 11.6 Å². The molecule has 1 unspecified atom stereocenters. The van der Waals surface area contributed by atoms with E-state index in [1.165, 1.54) is 18.2 Å². The molecule has 0 saturated carbocycles. The number of rotatable bonds is 3. The summed E-state index contributed by atoms with van der Waals surface area (Å²) in [6.45, 7) is 0.992. The maximum absolute atomic E-state index is 12.3. The van der Waals surface area contributed by atoms with Crippen molar-refractivity contribution in [3.05, 3.63) is 38.9 Å². The Morgan fingerprint density at radius 3 is 2.89 bits per heavy atom. The Bertz CT molecular complexity index is 520. The zero-order valence-corrected chi connectivity index (χ0v) is 11.1. The summed E-state index contributed by atoms with van der Waals surface area (Å²) >= 11 is 5.72. The van der Waals surface area contributed by atoms with Gasteiger partial charge in [-0.3, -0.25) is 14.9 Å². The van der Waals surface area contributed by atoms with E-state index >= 15 is 0 Å². The monoisotopic (exact) mass is 284 g/mol. The van der Waals surface area contributed by atoms with Crippen molar-refractivity contribution >= 4 is 23.2 Å². The third-order valence-corrected chi connectivity index (χ3v) is 3.39. The van der Waals surface area contributed by atoms with Crippen molar-refractivity contribution in [2.75, 3.05) is 20.2 Å². The second-order valence-corrected chi connectivity index (χ2v) is 4.75. The van der Waals surface area contributed by atoms with Crippen LogP contribution in [0.2, 0.25) is 5.02 Å². The molecular formula is C12H13ClN2O4. The van der Waals surface area contributed by atoms with E-state index in [4.69, 9.17) is 16.3 Å². The second-order valence-electron chi connectivity index (χ2n) is 4.32. The van der Waals surface area contributed by atoms with Gasteiger partial charge in [0.15, 0.2) is 0 Å². The van der Waals surface area contributed by atoms with Gasteiger partial charge in [0.1, 0.15) is 5.56 Å². The quantitative estimate of drug-likeness (QED) is 0.629. The summed E-state index contributed by atoms with van der Waals surface area (Å²) < 4.78 is 5.18. The summed E-state index contributed by atoms with van der Waals surface area (Å²) in [5.74, 6) is -0.358. The molecule has 2 rings (SSSR count). The van der Waals surface area contributed by atoms with Crippen LogP contribution in [0.15, 0.2) is 18.2 Å². The fraction of sp³-hybridized carbons (Fsp3) is 0.417. The molecule has 7 heteroatoms. The lowest BCUT2D eigenvalue weighted by Gasteiger charge is -2.16. The number of carbonyl (C=O) groups excluding carboxylic acids is 1. The number of nitro benzene ring substituents is 1. The number of ether oxygens (including phenoxy) is 1. The highest BCUT2D eigenvalue weighted by Crippen LogP contribution is 2.26. The molecule has 1 aliphatic heterocycles. The molecule has 0 bridgehead atoms. The van der Waals surface area contributed by atoms with Crippen LogP contribution in [0.4, 0.5) is 5.69 Å². The lowest BCUT2D eigenvalue weighted by Crippen LogP contribution is -2.30. The molecule has 19 heavy (non-hydrogen) atoms. The van der Waals surface area contributed by atoms with Crippen molar-refractivity contribution in [1.82, 2.24) is 4.90 Å². The van der Waals surface area contributed by atoms with Crippen molar-refractivity contribution in [1.29, 1.82) is 0 Å². The van der Waals surface area contributed by atoms with E-state index in [2.05, 4.69) is 0 Å². The number of nitro groups is 1. The van der Waals surface area contributed by atoms with Gasteiger partial charge in [-0.2, -0.15) is 0 Å². The zero-order chi connectivity index (χ0) is 14.0. The van der Waals surface area contributed by atoms with E-state index in [1.54, 1.807) is 12.0 Å². The molecule has 1 atom stereocenters. The van der Waals surface area contributed by atoms with Crippen LogP contribution in [0.5, 0.6) is 0 Å². The second kappa shape index (κ2) is 5.54. The van der Waals surface area contributed by atoms with Crippen LogP contribution in [0, 0.1) is 10.1 Å². The SMILES string of the molecule is COC1CCN(C(=O)c2ccc(Cl)cc2[N+](=O)[O-])C1. The van der Waals surface area contributed by atoms with Gasteiger partial charge in [0.2, 0.25) is 0 Å². The average Bonchev–Trinajstić information content (AvgIpc) is 2.86. The van der Waals surface area contributed by atoms with Gasteiger partial charge < -0.3 is 9.64 Å². The molecule has 1 heterocycles. The van der Waals surface area contributed by atoms with Crippen LogP contribution in [0.25, 0.3) is 0 Å². The largest absolute Gasteiger partial charge is 0.380 e. The Morgan fingerprint density at radius 2 is 2.32 bits per heavy atom. The molecule has 6 nitrogen and oxygen atoms in total. The molecule has 1 aromatic rings. The first kappa shape index (κ1) is 13.8. The minimum atomic E-state index is -0.594. The minimum absolute atomic E-state index is 0.00435. The summed E-state index contributed by atoms with van der Waals surface area (Å²) in [4.78, 5) is 24.2. The highest BCUT2D eigenvalue weighted by molar-refractivity contribution is 6.31. The lowest BCUT2D eigenvalue weighted by molar-refractivity contribution is -0.385. The fourth-order valence-electron chi connectivity index (χ4n) is 2.11. The number of halogens is 1. The Hall–Kier alpha value is -1.66. The number of methoxy groups -OCH3 is 1. The molecule has 0 spiro atoms. The predicted octanol–water partition coefficient (Wildman–Crippen LogP) is 2.11. The maximum atomic E-state index is 12.3. The number of nitrogens with zero attached hydrogens (tertiary/aromatic N) is 2. The van der Waals surface area contributed by atoms with Crippen molar-refractivity contribution in [3.63, 3.8) is 0 Å². The van der Waals surface area contributed by atoms with Gasteiger partial charge in [-0.05, 0) is 18.6 Å². The Balaban J connectivity index is 2.27. The molecule has 0 N–H and O–H groups in total. The molecule has 1 fully saturated rings. The van der Waals surface area contributed by atoms with Crippen LogP contribution in [0.1, 0.15) is 16.8 Å². The summed E-state index contributed by atoms with van der Waals surface area (Å²) in [7, 11) is 1.59. The summed E-state index contributed by atoms with van der Waals surface area (Å²) in [6.07, 6.45) is 0.735. The number of hydrogen-bond acceptors (Lipinski definition) is 4. The summed E-state index contributed by atoms with van der Waals surface area (Å²) in [5, 5.41) is 11.2. The first-order chi connectivity index (χ1) is 9.02. The number of benzene rings is 1. The highest BCUT2D eigenvalue weighted by Gasteiger charge is 2.30. The van der Waals surface area contributed by atoms with Crippen LogP contribution in [-0.2, 0) is 4.74 Å². The Labute approximate surface area is 115 Å². The molecule has 1 amide bonds. The Morgan fingerprint density at radius 1 is 1.58 bits per heavy atom. The van der Waals surface area contributed by atoms with E-state index in [-0.39, 0.29) is 28.3 Å². The van der Waals surface area contributed by atoms with Crippen LogP contribution >= 0.6 is 11.6 Å². The van der Waals surface area contributed by atoms with E-state index < -0.39 is 4.92 Å². The molecule has 102 valence electrons. The number of hydrogen-bond donors (Lipinski definition) is 0. The van der Waals surface area contributed by atoms with Gasteiger partial charge in [-0.15, -0.1) is 0 Å². The minimum Gasteiger partial charge on any atom is -0.380 e. The van der Waals surface area contributed by atoms with E-state index in [0.717, 1.165) is 6.42 Å². The van der Waals surface area contributed by atoms with Gasteiger partial charge in [-0.25, -0.2) is 0 Å². The molecule has 0 aliphatic carbocycles. The fourth-order valence-corrected chi connectivity index (χ4v) is 2.28. The number of carbonyl (C=O) groups is 1. The molecule has 0 radical (unpaired) electrons. The third-order valence-electron chi connectivity index (χ3n) is 3.15. The standard InChI is InChI=1S/C12H13ClN2O4/c1-19-9-4-5-14(7-9)12(16)10-3-2-8(13)6-11(10)15(17)18/h2-3,6,9H,4-5,7H2,1H3. The summed E-state index contributed by atoms with van der Waals surface area (Å²) in [6, 6.07) is 4.06. The van der Waals surface area contributed by atoms with E-state index in [1.807, 2.05) is 0 Å². The molecule has 1 aromatic carbocycles. The number of amides is 1. The maximum Gasteiger partial charge on any atom is 0.283 e. The number of likely N-dealkylation sites (tertiary alicyclic amines) is 1.